The third-order valence-corrected chi connectivity index (χ3v) is 4.33. The molecular formula is C11H12Br2O. The zero-order chi connectivity index (χ0) is 10.0. The lowest BCUT2D eigenvalue weighted by Gasteiger charge is -2.04. The van der Waals surface area contributed by atoms with Gasteiger partial charge in [-0.25, -0.2) is 0 Å². The predicted molar refractivity (Wildman–Crippen MR) is 64.8 cm³/mol. The summed E-state index contributed by atoms with van der Waals surface area (Å²) in [7, 11) is 0. The molecule has 1 fully saturated rings. The molecular weight excluding hydrogens is 308 g/mol. The van der Waals surface area contributed by atoms with E-state index in [2.05, 4.69) is 44.0 Å². The van der Waals surface area contributed by atoms with Gasteiger partial charge in [0.25, 0.3) is 0 Å². The lowest BCUT2D eigenvalue weighted by Crippen LogP contribution is -2.01. The van der Waals surface area contributed by atoms with E-state index in [0.29, 0.717) is 12.5 Å². The van der Waals surface area contributed by atoms with Crippen molar-refractivity contribution in [2.75, 3.05) is 6.61 Å². The van der Waals surface area contributed by atoms with E-state index < -0.39 is 0 Å². The maximum Gasteiger partial charge on any atom is 0.0860 e. The van der Waals surface area contributed by atoms with Crippen molar-refractivity contribution in [3.05, 3.63) is 35.9 Å². The Morgan fingerprint density at radius 2 is 1.93 bits per heavy atom. The van der Waals surface area contributed by atoms with E-state index in [1.807, 2.05) is 18.2 Å². The van der Waals surface area contributed by atoms with E-state index in [1.165, 1.54) is 5.56 Å². The number of halogens is 2. The fraction of sp³-hybridized carbons (Fsp3) is 0.455. The maximum absolute atomic E-state index is 5.62. The second kappa shape index (κ2) is 4.33. The first-order chi connectivity index (χ1) is 6.68. The summed E-state index contributed by atoms with van der Waals surface area (Å²) in [6.07, 6.45) is 1.15. The van der Waals surface area contributed by atoms with Crippen LogP contribution in [0.15, 0.2) is 30.3 Å². The summed E-state index contributed by atoms with van der Waals surface area (Å²) in [5, 5.41) is 0. The van der Waals surface area contributed by atoms with Gasteiger partial charge in [-0.15, -0.1) is 0 Å². The highest BCUT2D eigenvalue weighted by molar-refractivity contribution is 9.25. The summed E-state index contributed by atoms with van der Waals surface area (Å²) in [5.74, 6) is 0.617. The first-order valence-corrected chi connectivity index (χ1v) is 6.26. The van der Waals surface area contributed by atoms with Gasteiger partial charge in [0.2, 0.25) is 0 Å². The van der Waals surface area contributed by atoms with Gasteiger partial charge in [0.05, 0.1) is 16.4 Å². The van der Waals surface area contributed by atoms with Gasteiger partial charge in [0, 0.05) is 5.92 Å². The number of alkyl halides is 2. The molecule has 0 bridgehead atoms. The lowest BCUT2D eigenvalue weighted by atomic mass is 10.2. The molecule has 1 aliphatic carbocycles. The van der Waals surface area contributed by atoms with Crippen LogP contribution in [0, 0.1) is 5.92 Å². The molecule has 1 saturated carbocycles. The predicted octanol–water partition coefficient (Wildman–Crippen LogP) is 3.71. The molecule has 3 heteroatoms. The van der Waals surface area contributed by atoms with Crippen molar-refractivity contribution >= 4 is 31.9 Å². The quantitative estimate of drug-likeness (QED) is 0.769. The Hall–Kier alpha value is 0.140. The minimum atomic E-state index is 0.163. The van der Waals surface area contributed by atoms with Crippen molar-refractivity contribution in [3.8, 4) is 0 Å². The van der Waals surface area contributed by atoms with Crippen molar-refractivity contribution in [2.45, 2.75) is 16.3 Å². The summed E-state index contributed by atoms with van der Waals surface area (Å²) < 4.78 is 5.78. The van der Waals surface area contributed by atoms with Gasteiger partial charge in [-0.05, 0) is 12.0 Å². The Morgan fingerprint density at radius 1 is 1.29 bits per heavy atom. The van der Waals surface area contributed by atoms with Crippen LogP contribution in [0.25, 0.3) is 0 Å². The van der Waals surface area contributed by atoms with Crippen LogP contribution in [0.1, 0.15) is 12.0 Å². The highest BCUT2D eigenvalue weighted by Gasteiger charge is 2.50. The highest BCUT2D eigenvalue weighted by atomic mass is 79.9. The second-order valence-corrected chi connectivity index (χ2v) is 7.56. The van der Waals surface area contributed by atoms with Crippen LogP contribution < -0.4 is 0 Å². The van der Waals surface area contributed by atoms with Gasteiger partial charge in [-0.2, -0.15) is 0 Å². The normalized spacial score (nSPS) is 23.4. The third-order valence-electron chi connectivity index (χ3n) is 2.39. The number of hydrogen-bond acceptors (Lipinski definition) is 1. The largest absolute Gasteiger partial charge is 0.376 e. The zero-order valence-corrected chi connectivity index (χ0v) is 10.9. The molecule has 0 radical (unpaired) electrons. The number of hydrogen-bond donors (Lipinski definition) is 0. The SMILES string of the molecule is BrC1(Br)C[C@H]1COCc1ccccc1. The van der Waals surface area contributed by atoms with E-state index in [1.54, 1.807) is 0 Å². The van der Waals surface area contributed by atoms with Crippen LogP contribution in [0.4, 0.5) is 0 Å². The van der Waals surface area contributed by atoms with Crippen LogP contribution >= 0.6 is 31.9 Å². The van der Waals surface area contributed by atoms with Crippen LogP contribution in [-0.4, -0.2) is 9.84 Å². The number of rotatable bonds is 4. The van der Waals surface area contributed by atoms with Crippen molar-refractivity contribution in [1.82, 2.24) is 0 Å². The topological polar surface area (TPSA) is 9.23 Å². The standard InChI is InChI=1S/C11H12Br2O/c12-11(13)6-10(11)8-14-7-9-4-2-1-3-5-9/h1-5,10H,6-8H2/t10-/m0/s1. The smallest absolute Gasteiger partial charge is 0.0860 e. The molecule has 0 unspecified atom stereocenters. The molecule has 1 aromatic rings. The van der Waals surface area contributed by atoms with Gasteiger partial charge in [0.1, 0.15) is 0 Å². The van der Waals surface area contributed by atoms with Gasteiger partial charge >= 0.3 is 0 Å². The molecule has 1 nitrogen and oxygen atoms in total. The van der Waals surface area contributed by atoms with E-state index >= 15 is 0 Å². The summed E-state index contributed by atoms with van der Waals surface area (Å²) >= 11 is 7.15. The molecule has 1 aromatic carbocycles. The van der Waals surface area contributed by atoms with Crippen LogP contribution in [-0.2, 0) is 11.3 Å². The Bertz CT molecular complexity index is 297. The third kappa shape index (κ3) is 2.81. The van der Waals surface area contributed by atoms with Crippen molar-refractivity contribution in [2.24, 2.45) is 5.92 Å². The van der Waals surface area contributed by atoms with Crippen LogP contribution in [0.5, 0.6) is 0 Å². The summed E-state index contributed by atoms with van der Waals surface area (Å²) in [6, 6.07) is 10.3. The lowest BCUT2D eigenvalue weighted by molar-refractivity contribution is 0.111. The summed E-state index contributed by atoms with van der Waals surface area (Å²) in [4.78, 5) is 0. The fourth-order valence-electron chi connectivity index (χ4n) is 1.34. The molecule has 1 atom stereocenters. The minimum Gasteiger partial charge on any atom is -0.376 e. The van der Waals surface area contributed by atoms with Gasteiger partial charge in [-0.1, -0.05) is 62.2 Å². The second-order valence-electron chi connectivity index (χ2n) is 3.66. The monoisotopic (exact) mass is 318 g/mol. The molecule has 0 amide bonds. The molecule has 0 aliphatic heterocycles. The molecule has 14 heavy (non-hydrogen) atoms. The first kappa shape index (κ1) is 10.7. The van der Waals surface area contributed by atoms with E-state index in [-0.39, 0.29) is 3.23 Å². The van der Waals surface area contributed by atoms with Crippen LogP contribution in [0.2, 0.25) is 0 Å². The zero-order valence-electron chi connectivity index (χ0n) is 7.75. The summed E-state index contributed by atoms with van der Waals surface area (Å²) in [5.41, 5.74) is 1.24. The van der Waals surface area contributed by atoms with E-state index in [9.17, 15) is 0 Å². The molecule has 0 N–H and O–H groups in total. The van der Waals surface area contributed by atoms with Crippen molar-refractivity contribution in [3.63, 3.8) is 0 Å². The first-order valence-electron chi connectivity index (χ1n) is 4.68. The maximum atomic E-state index is 5.62. The van der Waals surface area contributed by atoms with Gasteiger partial charge < -0.3 is 4.74 Å². The van der Waals surface area contributed by atoms with Gasteiger partial charge in [-0.3, -0.25) is 0 Å². The Morgan fingerprint density at radius 3 is 2.50 bits per heavy atom. The van der Waals surface area contributed by atoms with Crippen molar-refractivity contribution in [1.29, 1.82) is 0 Å². The molecule has 76 valence electrons. The molecule has 0 saturated heterocycles. The average molecular weight is 320 g/mol. The number of benzene rings is 1. The van der Waals surface area contributed by atoms with Gasteiger partial charge in [0.15, 0.2) is 0 Å². The minimum absolute atomic E-state index is 0.163. The molecule has 1 aliphatic rings. The Kier molecular flexibility index (Phi) is 3.30. The fourth-order valence-corrected chi connectivity index (χ4v) is 2.39. The Balaban J connectivity index is 1.69. The molecule has 0 heterocycles. The molecule has 0 aromatic heterocycles. The Labute approximate surface area is 101 Å². The average Bonchev–Trinajstić information content (AvgIpc) is 2.76. The summed E-state index contributed by atoms with van der Waals surface area (Å²) in [6.45, 7) is 1.54. The molecule has 2 rings (SSSR count). The van der Waals surface area contributed by atoms with Crippen molar-refractivity contribution < 1.29 is 4.74 Å². The molecule has 0 spiro atoms. The van der Waals surface area contributed by atoms with E-state index in [0.717, 1.165) is 13.0 Å². The number of ether oxygens (including phenoxy) is 1. The highest BCUT2D eigenvalue weighted by Crippen LogP contribution is 2.56. The van der Waals surface area contributed by atoms with Crippen LogP contribution in [0.3, 0.4) is 0 Å². The van der Waals surface area contributed by atoms with E-state index in [4.69, 9.17) is 4.74 Å².